The normalized spacial score (nSPS) is 21.5. The zero-order valence-electron chi connectivity index (χ0n) is 14.5. The van der Waals surface area contributed by atoms with E-state index >= 15 is 0 Å². The van der Waals surface area contributed by atoms with Gasteiger partial charge in [-0.15, -0.1) is 5.10 Å². The van der Waals surface area contributed by atoms with Crippen LogP contribution < -0.4 is 4.72 Å². The number of aryl methyl sites for hydroxylation is 1. The predicted octanol–water partition coefficient (Wildman–Crippen LogP) is 2.04. The van der Waals surface area contributed by atoms with E-state index in [1.165, 1.54) is 16.8 Å². The van der Waals surface area contributed by atoms with Gasteiger partial charge in [-0.05, 0) is 34.2 Å². The van der Waals surface area contributed by atoms with Crippen molar-refractivity contribution in [3.63, 3.8) is 0 Å². The van der Waals surface area contributed by atoms with Crippen molar-refractivity contribution < 1.29 is 17.9 Å². The van der Waals surface area contributed by atoms with Crippen molar-refractivity contribution in [1.82, 2.24) is 20.2 Å². The van der Waals surface area contributed by atoms with Gasteiger partial charge in [-0.25, -0.2) is 13.1 Å². The molecule has 1 aliphatic carbocycles. The van der Waals surface area contributed by atoms with E-state index < -0.39 is 22.2 Å². The fourth-order valence-electron chi connectivity index (χ4n) is 2.97. The number of hydrogen-bond acceptors (Lipinski definition) is 7. The Kier molecular flexibility index (Phi) is 5.15. The van der Waals surface area contributed by atoms with Crippen molar-refractivity contribution in [2.75, 3.05) is 11.5 Å². The lowest BCUT2D eigenvalue weighted by Gasteiger charge is -2.22. The van der Waals surface area contributed by atoms with Crippen LogP contribution in [-0.4, -0.2) is 47.6 Å². The number of halogens is 2. The van der Waals surface area contributed by atoms with Crippen LogP contribution in [0.1, 0.15) is 11.4 Å². The van der Waals surface area contributed by atoms with Crippen LogP contribution in [0.15, 0.2) is 35.3 Å². The Morgan fingerprint density at radius 3 is 2.82 bits per heavy atom. The van der Waals surface area contributed by atoms with Gasteiger partial charge < -0.3 is 9.47 Å². The summed E-state index contributed by atoms with van der Waals surface area (Å²) in [5.41, 5.74) is 0.853. The zero-order valence-corrected chi connectivity index (χ0v) is 16.9. The summed E-state index contributed by atoms with van der Waals surface area (Å²) < 4.78 is 41.0. The number of anilines is 1. The van der Waals surface area contributed by atoms with Gasteiger partial charge in [0.2, 0.25) is 0 Å². The highest BCUT2D eigenvalue weighted by molar-refractivity contribution is 7.96. The van der Waals surface area contributed by atoms with Crippen LogP contribution in [0.25, 0.3) is 0 Å². The summed E-state index contributed by atoms with van der Waals surface area (Å²) in [6.07, 6.45) is 3.99. The van der Waals surface area contributed by atoms with Crippen molar-refractivity contribution in [3.8, 4) is 0 Å². The number of fused-ring (bicyclic) bond motifs is 1. The van der Waals surface area contributed by atoms with E-state index in [1.54, 1.807) is 25.3 Å². The molecule has 0 amide bonds. The molecule has 0 bridgehead atoms. The van der Waals surface area contributed by atoms with E-state index in [2.05, 4.69) is 20.2 Å². The number of nitrogens with one attached hydrogen (secondary N) is 1. The van der Waals surface area contributed by atoms with Gasteiger partial charge in [0.15, 0.2) is 5.82 Å². The average Bonchev–Trinajstić information content (AvgIpc) is 3.27. The molecule has 0 radical (unpaired) electrons. The van der Waals surface area contributed by atoms with E-state index in [9.17, 15) is 8.42 Å². The molecule has 2 aliphatic rings. The van der Waals surface area contributed by atoms with Crippen molar-refractivity contribution in [2.45, 2.75) is 18.6 Å². The molecule has 1 fully saturated rings. The first kappa shape index (κ1) is 19.3. The van der Waals surface area contributed by atoms with Crippen molar-refractivity contribution >= 4 is 38.9 Å². The number of rotatable bonds is 5. The largest absolute Gasteiger partial charge is 0.345 e. The highest BCUT2D eigenvalue weighted by atomic mass is 35.5. The Morgan fingerprint density at radius 2 is 2.07 bits per heavy atom. The third-order valence-corrected chi connectivity index (χ3v) is 6.61. The SMILES string of the molecule is Cn1nnnc1Cc1cc(Cl)c(Cl)cc1NS(=O)(=O)C1=CC=CC2OCOC12. The van der Waals surface area contributed by atoms with Crippen molar-refractivity contribution in [3.05, 3.63) is 56.7 Å². The molecular formula is C16H15Cl2N5O4S. The number of hydrogen-bond donors (Lipinski definition) is 1. The molecule has 148 valence electrons. The molecule has 1 aliphatic heterocycles. The standard InChI is InChI=1S/C16H15Cl2N5O4S/c1-23-15(19-21-22-23)6-9-5-10(17)11(18)7-12(9)20-28(24,25)14-4-2-3-13-16(14)27-8-26-13/h2-5,7,13,16,20H,6,8H2,1H3. The molecule has 0 saturated carbocycles. The van der Waals surface area contributed by atoms with Crippen molar-refractivity contribution in [2.24, 2.45) is 7.05 Å². The van der Waals surface area contributed by atoms with Crippen LogP contribution in [0, 0.1) is 0 Å². The summed E-state index contributed by atoms with van der Waals surface area (Å²) in [6.45, 7) is 0.0315. The van der Waals surface area contributed by atoms with E-state index in [0.717, 1.165) is 0 Å². The van der Waals surface area contributed by atoms with Crippen LogP contribution in [0.3, 0.4) is 0 Å². The average molecular weight is 444 g/mol. The Balaban J connectivity index is 1.69. The number of ether oxygens (including phenoxy) is 2. The molecule has 0 spiro atoms. The lowest BCUT2D eigenvalue weighted by molar-refractivity contribution is 0.0498. The Morgan fingerprint density at radius 1 is 1.29 bits per heavy atom. The van der Waals surface area contributed by atoms with Gasteiger partial charge in [0, 0.05) is 13.5 Å². The number of benzene rings is 1. The van der Waals surface area contributed by atoms with Gasteiger partial charge >= 0.3 is 0 Å². The third kappa shape index (κ3) is 3.65. The number of nitrogens with zero attached hydrogens (tertiary/aromatic N) is 4. The number of allylic oxidation sites excluding steroid dienone is 2. The highest BCUT2D eigenvalue weighted by Crippen LogP contribution is 2.34. The molecule has 12 heteroatoms. The minimum absolute atomic E-state index is 0.0315. The smallest absolute Gasteiger partial charge is 0.260 e. The third-order valence-electron chi connectivity index (χ3n) is 4.41. The van der Waals surface area contributed by atoms with Gasteiger partial charge in [0.25, 0.3) is 10.0 Å². The van der Waals surface area contributed by atoms with Gasteiger partial charge in [-0.1, -0.05) is 35.4 Å². The second-order valence-corrected chi connectivity index (χ2v) is 8.71. The minimum Gasteiger partial charge on any atom is -0.345 e. The molecule has 2 unspecified atom stereocenters. The van der Waals surface area contributed by atoms with Crippen LogP contribution in [0.4, 0.5) is 5.69 Å². The van der Waals surface area contributed by atoms with Crippen LogP contribution in [0.5, 0.6) is 0 Å². The number of aromatic nitrogens is 4. The second kappa shape index (κ2) is 7.45. The summed E-state index contributed by atoms with van der Waals surface area (Å²) in [6, 6.07) is 3.05. The molecule has 4 rings (SSSR count). The van der Waals surface area contributed by atoms with Crippen LogP contribution in [0.2, 0.25) is 10.0 Å². The molecule has 9 nitrogen and oxygen atoms in total. The minimum atomic E-state index is -3.94. The first-order valence-corrected chi connectivity index (χ1v) is 10.4. The fourth-order valence-corrected chi connectivity index (χ4v) is 4.69. The lowest BCUT2D eigenvalue weighted by atomic mass is 10.1. The van der Waals surface area contributed by atoms with Gasteiger partial charge in [0.1, 0.15) is 19.0 Å². The maximum absolute atomic E-state index is 13.0. The van der Waals surface area contributed by atoms with Crippen LogP contribution >= 0.6 is 23.2 Å². The molecule has 1 N–H and O–H groups in total. The molecule has 28 heavy (non-hydrogen) atoms. The summed E-state index contributed by atoms with van der Waals surface area (Å²) in [5, 5.41) is 11.8. The maximum atomic E-state index is 13.0. The molecule has 2 atom stereocenters. The van der Waals surface area contributed by atoms with Crippen molar-refractivity contribution in [1.29, 1.82) is 0 Å². The highest BCUT2D eigenvalue weighted by Gasteiger charge is 2.38. The zero-order chi connectivity index (χ0) is 19.9. The Hall–Kier alpha value is -1.98. The van der Waals surface area contributed by atoms with Crippen LogP contribution in [-0.2, 0) is 33.0 Å². The topological polar surface area (TPSA) is 108 Å². The maximum Gasteiger partial charge on any atom is 0.260 e. The molecule has 1 aromatic heterocycles. The first-order chi connectivity index (χ1) is 13.3. The van der Waals surface area contributed by atoms with E-state index in [4.69, 9.17) is 32.7 Å². The summed E-state index contributed by atoms with van der Waals surface area (Å²) >= 11 is 12.3. The summed E-state index contributed by atoms with van der Waals surface area (Å²) in [5.74, 6) is 0.534. The predicted molar refractivity (Wildman–Crippen MR) is 102 cm³/mol. The molecule has 1 saturated heterocycles. The summed E-state index contributed by atoms with van der Waals surface area (Å²) in [7, 11) is -2.25. The summed E-state index contributed by atoms with van der Waals surface area (Å²) in [4.78, 5) is 0.0786. The monoisotopic (exact) mass is 443 g/mol. The quantitative estimate of drug-likeness (QED) is 0.752. The first-order valence-electron chi connectivity index (χ1n) is 8.19. The fraction of sp³-hybridized carbons (Fsp3) is 0.312. The Bertz CT molecular complexity index is 1080. The Labute approximate surface area is 171 Å². The number of sulfonamides is 1. The molecular weight excluding hydrogens is 429 g/mol. The van der Waals surface area contributed by atoms with Gasteiger partial charge in [-0.2, -0.15) is 0 Å². The second-order valence-electron chi connectivity index (χ2n) is 6.21. The van der Waals surface area contributed by atoms with Gasteiger partial charge in [-0.3, -0.25) is 4.72 Å². The molecule has 1 aromatic carbocycles. The molecule has 2 aromatic rings. The lowest BCUT2D eigenvalue weighted by Crippen LogP contribution is -2.32. The van der Waals surface area contributed by atoms with E-state index in [1.807, 2.05) is 0 Å². The van der Waals surface area contributed by atoms with E-state index in [0.29, 0.717) is 16.4 Å². The van der Waals surface area contributed by atoms with Gasteiger partial charge in [0.05, 0.1) is 20.6 Å². The molecule has 2 heterocycles. The van der Waals surface area contributed by atoms with E-state index in [-0.39, 0.29) is 28.8 Å². The number of tetrazole rings is 1.